The van der Waals surface area contributed by atoms with Gasteiger partial charge < -0.3 is 9.47 Å². The monoisotopic (exact) mass is 256 g/mol. The Bertz CT molecular complexity index is 390. The first-order chi connectivity index (χ1) is 8.10. The van der Waals surface area contributed by atoms with Gasteiger partial charge in [-0.15, -0.1) is 11.6 Å². The average molecular weight is 257 g/mol. The van der Waals surface area contributed by atoms with Gasteiger partial charge in [-0.25, -0.2) is 0 Å². The number of ketones is 1. The molecule has 0 bridgehead atoms. The highest BCUT2D eigenvalue weighted by atomic mass is 35.5. The molecule has 0 saturated heterocycles. The van der Waals surface area contributed by atoms with Crippen molar-refractivity contribution in [3.05, 3.63) is 23.8 Å². The fourth-order valence-corrected chi connectivity index (χ4v) is 1.69. The molecule has 0 aromatic heterocycles. The van der Waals surface area contributed by atoms with Crippen molar-refractivity contribution < 1.29 is 14.3 Å². The quantitative estimate of drug-likeness (QED) is 0.735. The summed E-state index contributed by atoms with van der Waals surface area (Å²) in [5.74, 6) is 1.29. The third-order valence-electron chi connectivity index (χ3n) is 2.41. The number of carbonyl (C=O) groups is 1. The number of rotatable bonds is 6. The highest BCUT2D eigenvalue weighted by molar-refractivity contribution is 6.30. The predicted octanol–water partition coefficient (Wildman–Crippen LogP) is 2.83. The van der Waals surface area contributed by atoms with Crippen molar-refractivity contribution in [2.45, 2.75) is 25.6 Å². The maximum Gasteiger partial charge on any atom is 0.164 e. The summed E-state index contributed by atoms with van der Waals surface area (Å²) in [6, 6.07) is 5.58. The average Bonchev–Trinajstić information content (AvgIpc) is 2.31. The van der Waals surface area contributed by atoms with E-state index in [0.717, 1.165) is 5.56 Å². The van der Waals surface area contributed by atoms with Crippen LogP contribution < -0.4 is 9.47 Å². The lowest BCUT2D eigenvalue weighted by Crippen LogP contribution is -2.14. The Morgan fingerprint density at radius 2 is 2.18 bits per heavy atom. The number of carbonyl (C=O) groups excluding carboxylic acids is 1. The Morgan fingerprint density at radius 1 is 1.47 bits per heavy atom. The van der Waals surface area contributed by atoms with Crippen LogP contribution in [0.2, 0.25) is 0 Å². The fraction of sp³-hybridized carbons (Fsp3) is 0.462. The molecule has 0 fully saturated rings. The van der Waals surface area contributed by atoms with Crippen LogP contribution in [-0.4, -0.2) is 24.9 Å². The fourth-order valence-electron chi connectivity index (χ4n) is 1.53. The van der Waals surface area contributed by atoms with Crippen LogP contribution >= 0.6 is 11.6 Å². The number of ether oxygens (including phenoxy) is 2. The molecule has 1 rings (SSSR count). The van der Waals surface area contributed by atoms with E-state index in [1.165, 1.54) is 6.92 Å². The summed E-state index contributed by atoms with van der Waals surface area (Å²) in [5.41, 5.74) is 0.890. The summed E-state index contributed by atoms with van der Waals surface area (Å²) >= 11 is 5.97. The van der Waals surface area contributed by atoms with Crippen molar-refractivity contribution >= 4 is 17.4 Å². The van der Waals surface area contributed by atoms with Gasteiger partial charge in [0, 0.05) is 0 Å². The summed E-state index contributed by atoms with van der Waals surface area (Å²) < 4.78 is 10.8. The van der Waals surface area contributed by atoms with Crippen LogP contribution in [0.3, 0.4) is 0 Å². The molecule has 0 aliphatic heterocycles. The molecular weight excluding hydrogens is 240 g/mol. The lowest BCUT2D eigenvalue weighted by Gasteiger charge is -2.15. The number of hydrogen-bond acceptors (Lipinski definition) is 3. The molecule has 0 aliphatic rings. The standard InChI is InChI=1S/C13H17ClO3/c1-4-17-13-10(8-11(14)9(2)15)6-5-7-12(13)16-3/h5-7,11H,4,8H2,1-3H3. The van der Waals surface area contributed by atoms with Gasteiger partial charge in [0.25, 0.3) is 0 Å². The summed E-state index contributed by atoms with van der Waals surface area (Å²) in [5, 5.41) is -0.527. The highest BCUT2D eigenvalue weighted by Crippen LogP contribution is 2.32. The smallest absolute Gasteiger partial charge is 0.164 e. The van der Waals surface area contributed by atoms with Crippen molar-refractivity contribution in [3.8, 4) is 11.5 Å². The van der Waals surface area contributed by atoms with E-state index in [2.05, 4.69) is 0 Å². The molecule has 3 nitrogen and oxygen atoms in total. The van der Waals surface area contributed by atoms with Crippen molar-refractivity contribution in [2.24, 2.45) is 0 Å². The molecule has 0 amide bonds. The summed E-state index contributed by atoms with van der Waals surface area (Å²) in [4.78, 5) is 11.2. The predicted molar refractivity (Wildman–Crippen MR) is 68.2 cm³/mol. The van der Waals surface area contributed by atoms with Gasteiger partial charge in [0.05, 0.1) is 19.1 Å². The van der Waals surface area contributed by atoms with Gasteiger partial charge in [0.1, 0.15) is 5.78 Å². The van der Waals surface area contributed by atoms with Gasteiger partial charge >= 0.3 is 0 Å². The van der Waals surface area contributed by atoms with Crippen LogP contribution in [0.15, 0.2) is 18.2 Å². The molecule has 1 aromatic rings. The van der Waals surface area contributed by atoms with Crippen LogP contribution in [0.25, 0.3) is 0 Å². The zero-order valence-corrected chi connectivity index (χ0v) is 11.1. The molecule has 4 heteroatoms. The minimum atomic E-state index is -0.527. The SMILES string of the molecule is CCOc1c(CC(Cl)C(C)=O)cccc1OC. The zero-order chi connectivity index (χ0) is 12.8. The second-order valence-corrected chi connectivity index (χ2v) is 4.19. The molecule has 1 unspecified atom stereocenters. The third-order valence-corrected chi connectivity index (χ3v) is 2.87. The van der Waals surface area contributed by atoms with Gasteiger partial charge in [-0.05, 0) is 31.9 Å². The Morgan fingerprint density at radius 3 is 2.71 bits per heavy atom. The first kappa shape index (κ1) is 13.8. The van der Waals surface area contributed by atoms with Crippen molar-refractivity contribution in [3.63, 3.8) is 0 Å². The Kier molecular flexibility index (Phi) is 5.29. The Hall–Kier alpha value is -1.22. The molecule has 0 heterocycles. The molecule has 1 atom stereocenters. The molecule has 94 valence electrons. The third kappa shape index (κ3) is 3.63. The number of alkyl halides is 1. The van der Waals surface area contributed by atoms with Gasteiger partial charge in [-0.3, -0.25) is 4.79 Å². The maximum atomic E-state index is 11.2. The number of Topliss-reactive ketones (excluding diaryl/α,β-unsaturated/α-hetero) is 1. The number of benzene rings is 1. The molecule has 0 aliphatic carbocycles. The van der Waals surface area contributed by atoms with E-state index in [9.17, 15) is 4.79 Å². The van der Waals surface area contributed by atoms with E-state index in [0.29, 0.717) is 24.5 Å². The van der Waals surface area contributed by atoms with E-state index >= 15 is 0 Å². The second-order valence-electron chi connectivity index (χ2n) is 3.66. The van der Waals surface area contributed by atoms with Crippen LogP contribution in [-0.2, 0) is 11.2 Å². The van der Waals surface area contributed by atoms with Crippen LogP contribution in [0, 0.1) is 0 Å². The molecule has 17 heavy (non-hydrogen) atoms. The molecule has 0 radical (unpaired) electrons. The van der Waals surface area contributed by atoms with Crippen molar-refractivity contribution in [1.29, 1.82) is 0 Å². The molecule has 0 saturated carbocycles. The first-order valence-electron chi connectivity index (χ1n) is 5.53. The number of para-hydroxylation sites is 1. The van der Waals surface area contributed by atoms with Crippen molar-refractivity contribution in [2.75, 3.05) is 13.7 Å². The molecule has 1 aromatic carbocycles. The lowest BCUT2D eigenvalue weighted by atomic mass is 10.1. The van der Waals surface area contributed by atoms with Crippen LogP contribution in [0.1, 0.15) is 19.4 Å². The largest absolute Gasteiger partial charge is 0.493 e. The highest BCUT2D eigenvalue weighted by Gasteiger charge is 2.16. The van der Waals surface area contributed by atoms with Gasteiger partial charge in [0.2, 0.25) is 0 Å². The van der Waals surface area contributed by atoms with Crippen LogP contribution in [0.4, 0.5) is 0 Å². The number of halogens is 1. The number of methoxy groups -OCH3 is 1. The topological polar surface area (TPSA) is 35.5 Å². The van der Waals surface area contributed by atoms with Gasteiger partial charge in [-0.1, -0.05) is 12.1 Å². The second kappa shape index (κ2) is 6.50. The van der Waals surface area contributed by atoms with E-state index in [4.69, 9.17) is 21.1 Å². The Balaban J connectivity index is 3.00. The first-order valence-corrected chi connectivity index (χ1v) is 5.97. The minimum Gasteiger partial charge on any atom is -0.493 e. The lowest BCUT2D eigenvalue weighted by molar-refractivity contribution is -0.116. The van der Waals surface area contributed by atoms with Crippen LogP contribution in [0.5, 0.6) is 11.5 Å². The van der Waals surface area contributed by atoms with Gasteiger partial charge in [0.15, 0.2) is 11.5 Å². The van der Waals surface area contributed by atoms with E-state index < -0.39 is 5.38 Å². The summed E-state index contributed by atoms with van der Waals surface area (Å²) in [6.07, 6.45) is 0.448. The van der Waals surface area contributed by atoms with E-state index in [1.54, 1.807) is 7.11 Å². The molecule has 0 spiro atoms. The van der Waals surface area contributed by atoms with E-state index in [-0.39, 0.29) is 5.78 Å². The number of hydrogen-bond donors (Lipinski definition) is 0. The maximum absolute atomic E-state index is 11.2. The normalized spacial score (nSPS) is 12.0. The minimum absolute atomic E-state index is 0.0445. The summed E-state index contributed by atoms with van der Waals surface area (Å²) in [6.45, 7) is 3.93. The van der Waals surface area contributed by atoms with Crippen molar-refractivity contribution in [1.82, 2.24) is 0 Å². The Labute approximate surface area is 107 Å². The molecule has 0 N–H and O–H groups in total. The zero-order valence-electron chi connectivity index (χ0n) is 10.3. The molecular formula is C13H17ClO3. The van der Waals surface area contributed by atoms with E-state index in [1.807, 2.05) is 25.1 Å². The summed E-state index contributed by atoms with van der Waals surface area (Å²) in [7, 11) is 1.59. The van der Waals surface area contributed by atoms with Gasteiger partial charge in [-0.2, -0.15) is 0 Å².